The highest BCUT2D eigenvalue weighted by Crippen LogP contribution is 2.34. The Morgan fingerprint density at radius 1 is 1.28 bits per heavy atom. The lowest BCUT2D eigenvalue weighted by Crippen LogP contribution is -2.43. The first kappa shape index (κ1) is 15.7. The lowest BCUT2D eigenvalue weighted by molar-refractivity contribution is -0.182. The molecule has 1 rings (SSSR count). The fraction of sp³-hybridized carbons (Fsp3) is 1.00. The molecule has 4 nitrogen and oxygen atoms in total. The first-order valence-corrected chi connectivity index (χ1v) is 7.57. The topological polar surface area (TPSA) is 49.4 Å². The van der Waals surface area contributed by atoms with E-state index in [2.05, 4.69) is 5.32 Å². The number of alkyl halides is 3. The van der Waals surface area contributed by atoms with Gasteiger partial charge in [-0.15, -0.1) is 0 Å². The molecule has 1 aliphatic heterocycles. The quantitative estimate of drug-likeness (QED) is 0.773. The summed E-state index contributed by atoms with van der Waals surface area (Å²) in [7, 11) is -1.67. The van der Waals surface area contributed by atoms with Crippen molar-refractivity contribution in [3.05, 3.63) is 0 Å². The van der Waals surface area contributed by atoms with Crippen LogP contribution in [0.1, 0.15) is 19.3 Å². The molecule has 108 valence electrons. The molecule has 0 saturated carbocycles. The molecule has 0 aromatic heterocycles. The molecule has 0 aromatic carbocycles. The molecular formula is C10H19F3N2O2S. The number of hydrogen-bond donors (Lipinski definition) is 1. The Labute approximate surface area is 106 Å². The second kappa shape index (κ2) is 6.21. The zero-order valence-corrected chi connectivity index (χ0v) is 11.1. The first-order valence-electron chi connectivity index (χ1n) is 5.96. The number of rotatable bonds is 5. The van der Waals surface area contributed by atoms with Gasteiger partial charge in [0, 0.05) is 13.1 Å². The van der Waals surface area contributed by atoms with Gasteiger partial charge >= 0.3 is 6.18 Å². The summed E-state index contributed by atoms with van der Waals surface area (Å²) in [5, 5.41) is 2.84. The van der Waals surface area contributed by atoms with Gasteiger partial charge in [-0.2, -0.15) is 13.2 Å². The summed E-state index contributed by atoms with van der Waals surface area (Å²) < 4.78 is 62.2. The number of halogens is 3. The van der Waals surface area contributed by atoms with Gasteiger partial charge in [-0.05, 0) is 32.9 Å². The average molecular weight is 288 g/mol. The smallest absolute Gasteiger partial charge is 0.320 e. The van der Waals surface area contributed by atoms with Gasteiger partial charge in [0.1, 0.15) is 0 Å². The molecule has 1 N–H and O–H groups in total. The van der Waals surface area contributed by atoms with Crippen LogP contribution < -0.4 is 5.32 Å². The van der Waals surface area contributed by atoms with Gasteiger partial charge in [-0.25, -0.2) is 12.7 Å². The average Bonchev–Trinajstić information content (AvgIpc) is 2.28. The van der Waals surface area contributed by atoms with E-state index >= 15 is 0 Å². The highest BCUT2D eigenvalue weighted by molar-refractivity contribution is 7.89. The largest absolute Gasteiger partial charge is 0.391 e. The predicted molar refractivity (Wildman–Crippen MR) is 62.7 cm³/mol. The SMILES string of the molecule is CNCCCS(=O)(=O)N1CCC(C(F)(F)F)CC1. The summed E-state index contributed by atoms with van der Waals surface area (Å²) in [5.74, 6) is -1.37. The van der Waals surface area contributed by atoms with Crippen LogP contribution in [0.5, 0.6) is 0 Å². The molecule has 0 aliphatic carbocycles. The molecule has 0 spiro atoms. The second-order valence-corrected chi connectivity index (χ2v) is 6.58. The van der Waals surface area contributed by atoms with E-state index in [4.69, 9.17) is 0 Å². The molecule has 0 unspecified atom stereocenters. The van der Waals surface area contributed by atoms with Gasteiger partial charge in [0.25, 0.3) is 0 Å². The molecule has 18 heavy (non-hydrogen) atoms. The van der Waals surface area contributed by atoms with Crippen molar-refractivity contribution in [2.75, 3.05) is 32.4 Å². The molecule has 1 fully saturated rings. The van der Waals surface area contributed by atoms with E-state index in [0.717, 1.165) is 0 Å². The maximum absolute atomic E-state index is 12.4. The minimum atomic E-state index is -4.21. The van der Waals surface area contributed by atoms with Gasteiger partial charge in [-0.3, -0.25) is 0 Å². The van der Waals surface area contributed by atoms with E-state index in [0.29, 0.717) is 13.0 Å². The normalized spacial score (nSPS) is 20.2. The summed E-state index contributed by atoms with van der Waals surface area (Å²) in [6.07, 6.45) is -4.00. The van der Waals surface area contributed by atoms with Crippen molar-refractivity contribution in [3.63, 3.8) is 0 Å². The molecule has 0 radical (unpaired) electrons. The Morgan fingerprint density at radius 3 is 2.28 bits per heavy atom. The molecular weight excluding hydrogens is 269 g/mol. The minimum Gasteiger partial charge on any atom is -0.320 e. The fourth-order valence-corrected chi connectivity index (χ4v) is 3.56. The van der Waals surface area contributed by atoms with E-state index in [1.165, 1.54) is 4.31 Å². The van der Waals surface area contributed by atoms with E-state index < -0.39 is 22.1 Å². The van der Waals surface area contributed by atoms with Crippen LogP contribution in [0.15, 0.2) is 0 Å². The van der Waals surface area contributed by atoms with E-state index in [-0.39, 0.29) is 31.7 Å². The van der Waals surface area contributed by atoms with Crippen LogP contribution in [-0.4, -0.2) is 51.3 Å². The summed E-state index contributed by atoms with van der Waals surface area (Å²) in [5.41, 5.74) is 0. The lowest BCUT2D eigenvalue weighted by Gasteiger charge is -2.32. The molecule has 1 aliphatic rings. The maximum Gasteiger partial charge on any atom is 0.391 e. The number of nitrogens with one attached hydrogen (secondary N) is 1. The summed E-state index contributed by atoms with van der Waals surface area (Å²) >= 11 is 0. The Kier molecular flexibility index (Phi) is 5.42. The van der Waals surface area contributed by atoms with Crippen LogP contribution in [0.2, 0.25) is 0 Å². The van der Waals surface area contributed by atoms with Gasteiger partial charge in [0.05, 0.1) is 11.7 Å². The van der Waals surface area contributed by atoms with Gasteiger partial charge in [0.2, 0.25) is 10.0 Å². The van der Waals surface area contributed by atoms with Crippen molar-refractivity contribution in [2.24, 2.45) is 5.92 Å². The van der Waals surface area contributed by atoms with E-state index in [1.807, 2.05) is 0 Å². The Morgan fingerprint density at radius 2 is 1.83 bits per heavy atom. The standard InChI is InChI=1S/C10H19F3N2O2S/c1-14-5-2-8-18(16,17)15-6-3-9(4-7-15)10(11,12)13/h9,14H,2-8H2,1H3. The fourth-order valence-electron chi connectivity index (χ4n) is 2.02. The second-order valence-electron chi connectivity index (χ2n) is 4.49. The molecule has 8 heteroatoms. The number of nitrogens with zero attached hydrogens (tertiary/aromatic N) is 1. The van der Waals surface area contributed by atoms with Crippen LogP contribution in [0.3, 0.4) is 0 Å². The minimum absolute atomic E-state index is 0.00940. The van der Waals surface area contributed by atoms with Crippen molar-refractivity contribution in [1.29, 1.82) is 0 Å². The van der Waals surface area contributed by atoms with Crippen LogP contribution in [0, 0.1) is 5.92 Å². The lowest BCUT2D eigenvalue weighted by atomic mass is 9.98. The third-order valence-electron chi connectivity index (χ3n) is 3.14. The maximum atomic E-state index is 12.4. The van der Waals surface area contributed by atoms with Crippen molar-refractivity contribution in [1.82, 2.24) is 9.62 Å². The van der Waals surface area contributed by atoms with Gasteiger partial charge in [0.15, 0.2) is 0 Å². The zero-order chi connectivity index (χ0) is 13.8. The Balaban J connectivity index is 2.47. The number of piperidine rings is 1. The van der Waals surface area contributed by atoms with E-state index in [9.17, 15) is 21.6 Å². The summed E-state index contributed by atoms with van der Waals surface area (Å²) in [6, 6.07) is 0. The monoisotopic (exact) mass is 288 g/mol. The number of sulfonamides is 1. The molecule has 0 bridgehead atoms. The highest BCUT2D eigenvalue weighted by atomic mass is 32.2. The third-order valence-corrected chi connectivity index (χ3v) is 5.10. The highest BCUT2D eigenvalue weighted by Gasteiger charge is 2.42. The van der Waals surface area contributed by atoms with Gasteiger partial charge < -0.3 is 5.32 Å². The Bertz CT molecular complexity index is 349. The predicted octanol–water partition coefficient (Wildman–Crippen LogP) is 1.20. The van der Waals surface area contributed by atoms with Crippen molar-refractivity contribution < 1.29 is 21.6 Å². The molecule has 1 saturated heterocycles. The van der Waals surface area contributed by atoms with Crippen LogP contribution in [0.4, 0.5) is 13.2 Å². The zero-order valence-electron chi connectivity index (χ0n) is 10.3. The van der Waals surface area contributed by atoms with Crippen LogP contribution in [-0.2, 0) is 10.0 Å². The van der Waals surface area contributed by atoms with E-state index in [1.54, 1.807) is 7.05 Å². The van der Waals surface area contributed by atoms with Crippen LogP contribution >= 0.6 is 0 Å². The molecule has 0 atom stereocenters. The molecule has 0 aromatic rings. The summed E-state index contributed by atoms with van der Waals surface area (Å²) in [4.78, 5) is 0. The van der Waals surface area contributed by atoms with Crippen molar-refractivity contribution in [2.45, 2.75) is 25.4 Å². The molecule has 1 heterocycles. The number of hydrogen-bond acceptors (Lipinski definition) is 3. The van der Waals surface area contributed by atoms with Crippen molar-refractivity contribution >= 4 is 10.0 Å². The molecule has 0 amide bonds. The Hall–Kier alpha value is -0.340. The van der Waals surface area contributed by atoms with Gasteiger partial charge in [-0.1, -0.05) is 0 Å². The van der Waals surface area contributed by atoms with Crippen molar-refractivity contribution in [3.8, 4) is 0 Å². The van der Waals surface area contributed by atoms with Crippen LogP contribution in [0.25, 0.3) is 0 Å². The third kappa shape index (κ3) is 4.40. The summed E-state index contributed by atoms with van der Waals surface area (Å²) in [6.45, 7) is 0.538. The first-order chi connectivity index (χ1) is 8.27.